The van der Waals surface area contributed by atoms with E-state index in [1.54, 1.807) is 26.0 Å². The van der Waals surface area contributed by atoms with Crippen LogP contribution in [0, 0.1) is 5.92 Å². The minimum Gasteiger partial charge on any atom is -0.351 e. The van der Waals surface area contributed by atoms with Crippen LogP contribution in [0.5, 0.6) is 0 Å². The maximum Gasteiger partial charge on any atom is 0.416 e. The van der Waals surface area contributed by atoms with E-state index in [2.05, 4.69) is 15.4 Å². The summed E-state index contributed by atoms with van der Waals surface area (Å²) in [4.78, 5) is 23.5. The molecule has 0 fully saturated rings. The molecule has 2 amide bonds. The number of hydrogen-bond donors (Lipinski definition) is 3. The molecule has 0 spiro atoms. The Kier molecular flexibility index (Phi) is 7.80. The molecule has 0 heterocycles. The van der Waals surface area contributed by atoms with Gasteiger partial charge in [0.15, 0.2) is 0 Å². The fourth-order valence-electron chi connectivity index (χ4n) is 2.36. The summed E-state index contributed by atoms with van der Waals surface area (Å²) in [5.74, 6) is -0.790. The molecule has 2 aromatic rings. The predicted molar refractivity (Wildman–Crippen MR) is 109 cm³/mol. The SMILES string of the molecule is CC(C)C(=O)Nc1ccc(C(=O)NCCNS(=O)(=O)c2ccc(C(F)(F)F)cc2)cc1. The Balaban J connectivity index is 1.85. The van der Waals surface area contributed by atoms with Gasteiger partial charge in [0.05, 0.1) is 10.5 Å². The minimum atomic E-state index is -4.56. The highest BCUT2D eigenvalue weighted by Crippen LogP contribution is 2.29. The zero-order chi connectivity index (χ0) is 23.2. The van der Waals surface area contributed by atoms with Crippen LogP contribution >= 0.6 is 0 Å². The van der Waals surface area contributed by atoms with Crippen molar-refractivity contribution in [3.8, 4) is 0 Å². The standard InChI is InChI=1S/C20H22F3N3O4S/c1-13(2)18(27)26-16-7-3-14(4-8-16)19(28)24-11-12-25-31(29,30)17-9-5-15(6-10-17)20(21,22)23/h3-10,13,25H,11-12H2,1-2H3,(H,24,28)(H,26,27). The van der Waals surface area contributed by atoms with Gasteiger partial charge in [-0.3, -0.25) is 9.59 Å². The van der Waals surface area contributed by atoms with E-state index in [1.807, 2.05) is 0 Å². The van der Waals surface area contributed by atoms with Gasteiger partial charge in [-0.05, 0) is 48.5 Å². The van der Waals surface area contributed by atoms with Gasteiger partial charge in [-0.2, -0.15) is 13.2 Å². The normalized spacial score (nSPS) is 11.9. The lowest BCUT2D eigenvalue weighted by atomic mass is 10.1. The van der Waals surface area contributed by atoms with Crippen molar-refractivity contribution in [2.45, 2.75) is 24.9 Å². The van der Waals surface area contributed by atoms with Gasteiger partial charge in [-0.25, -0.2) is 13.1 Å². The largest absolute Gasteiger partial charge is 0.416 e. The number of benzene rings is 2. The van der Waals surface area contributed by atoms with Crippen LogP contribution < -0.4 is 15.4 Å². The van der Waals surface area contributed by atoms with Crippen molar-refractivity contribution in [2.24, 2.45) is 5.92 Å². The number of rotatable bonds is 8. The summed E-state index contributed by atoms with van der Waals surface area (Å²) in [7, 11) is -4.02. The van der Waals surface area contributed by atoms with E-state index >= 15 is 0 Å². The van der Waals surface area contributed by atoms with Crippen LogP contribution in [0.3, 0.4) is 0 Å². The maximum atomic E-state index is 12.6. The van der Waals surface area contributed by atoms with Crippen LogP contribution in [0.25, 0.3) is 0 Å². The van der Waals surface area contributed by atoms with Crippen LogP contribution in [-0.4, -0.2) is 33.3 Å². The average molecular weight is 457 g/mol. The summed E-state index contributed by atoms with van der Waals surface area (Å²) in [6.07, 6.45) is -4.56. The van der Waals surface area contributed by atoms with E-state index in [1.165, 1.54) is 12.1 Å². The number of sulfonamides is 1. The summed E-state index contributed by atoms with van der Waals surface area (Å²) in [5.41, 5.74) is -0.0961. The van der Waals surface area contributed by atoms with Gasteiger partial charge in [0.2, 0.25) is 15.9 Å². The molecule has 2 rings (SSSR count). The third-order valence-corrected chi connectivity index (χ3v) is 5.61. The fraction of sp³-hybridized carbons (Fsp3) is 0.300. The molecule has 0 atom stereocenters. The molecular weight excluding hydrogens is 435 g/mol. The highest BCUT2D eigenvalue weighted by Gasteiger charge is 2.30. The van der Waals surface area contributed by atoms with Crippen molar-refractivity contribution in [1.29, 1.82) is 0 Å². The molecule has 0 unspecified atom stereocenters. The monoisotopic (exact) mass is 457 g/mol. The Labute approximate surface area is 178 Å². The van der Waals surface area contributed by atoms with Crippen LogP contribution in [0.15, 0.2) is 53.4 Å². The summed E-state index contributed by atoms with van der Waals surface area (Å²) in [6.45, 7) is 3.31. The molecule has 0 aliphatic rings. The van der Waals surface area contributed by atoms with E-state index in [-0.39, 0.29) is 29.8 Å². The van der Waals surface area contributed by atoms with Gasteiger partial charge in [0.25, 0.3) is 5.91 Å². The molecule has 0 radical (unpaired) electrons. The molecule has 2 aromatic carbocycles. The number of nitrogens with one attached hydrogen (secondary N) is 3. The number of hydrogen-bond acceptors (Lipinski definition) is 4. The molecule has 0 saturated carbocycles. The van der Waals surface area contributed by atoms with Crippen molar-refractivity contribution >= 4 is 27.5 Å². The number of amides is 2. The Hall–Kier alpha value is -2.92. The fourth-order valence-corrected chi connectivity index (χ4v) is 3.39. The predicted octanol–water partition coefficient (Wildman–Crippen LogP) is 3.01. The maximum absolute atomic E-state index is 12.6. The quantitative estimate of drug-likeness (QED) is 0.530. The Bertz CT molecular complexity index is 1020. The number of carbonyl (C=O) groups is 2. The first-order chi connectivity index (χ1) is 14.4. The first-order valence-electron chi connectivity index (χ1n) is 9.26. The van der Waals surface area contributed by atoms with E-state index < -0.39 is 27.7 Å². The highest BCUT2D eigenvalue weighted by atomic mass is 32.2. The lowest BCUT2D eigenvalue weighted by molar-refractivity contribution is -0.137. The van der Waals surface area contributed by atoms with E-state index in [9.17, 15) is 31.2 Å². The summed E-state index contributed by atoms with van der Waals surface area (Å²) in [6, 6.07) is 9.26. The van der Waals surface area contributed by atoms with Crippen LogP contribution in [-0.2, 0) is 21.0 Å². The first-order valence-corrected chi connectivity index (χ1v) is 10.7. The second-order valence-corrected chi connectivity index (χ2v) is 8.66. The summed E-state index contributed by atoms with van der Waals surface area (Å²) in [5, 5.41) is 5.22. The minimum absolute atomic E-state index is 0.0372. The van der Waals surface area contributed by atoms with Gasteiger partial charge in [0, 0.05) is 30.3 Å². The van der Waals surface area contributed by atoms with Gasteiger partial charge in [-0.15, -0.1) is 0 Å². The topological polar surface area (TPSA) is 104 Å². The molecule has 0 aliphatic heterocycles. The Morgan fingerprint density at radius 2 is 1.52 bits per heavy atom. The molecule has 0 aliphatic carbocycles. The van der Waals surface area contributed by atoms with Crippen molar-refractivity contribution in [2.75, 3.05) is 18.4 Å². The van der Waals surface area contributed by atoms with E-state index in [0.29, 0.717) is 23.4 Å². The summed E-state index contributed by atoms with van der Waals surface area (Å²) >= 11 is 0. The van der Waals surface area contributed by atoms with Gasteiger partial charge < -0.3 is 10.6 Å². The molecule has 168 valence electrons. The van der Waals surface area contributed by atoms with Gasteiger partial charge in [0.1, 0.15) is 0 Å². The van der Waals surface area contributed by atoms with E-state index in [0.717, 1.165) is 12.1 Å². The number of halogens is 3. The number of anilines is 1. The van der Waals surface area contributed by atoms with Gasteiger partial charge >= 0.3 is 6.18 Å². The molecule has 0 aromatic heterocycles. The Morgan fingerprint density at radius 1 is 0.935 bits per heavy atom. The number of carbonyl (C=O) groups excluding carboxylic acids is 2. The first kappa shape index (κ1) is 24.4. The average Bonchev–Trinajstić information content (AvgIpc) is 2.71. The van der Waals surface area contributed by atoms with Crippen molar-refractivity contribution < 1.29 is 31.2 Å². The molecule has 31 heavy (non-hydrogen) atoms. The van der Waals surface area contributed by atoms with E-state index in [4.69, 9.17) is 0 Å². The smallest absolute Gasteiger partial charge is 0.351 e. The number of alkyl halides is 3. The molecular formula is C20H22F3N3O4S. The molecule has 0 saturated heterocycles. The zero-order valence-electron chi connectivity index (χ0n) is 16.8. The molecule has 3 N–H and O–H groups in total. The van der Waals surface area contributed by atoms with Crippen LogP contribution in [0.2, 0.25) is 0 Å². The summed E-state index contributed by atoms with van der Waals surface area (Å²) < 4.78 is 64.2. The van der Waals surface area contributed by atoms with Crippen LogP contribution in [0.1, 0.15) is 29.8 Å². The molecule has 11 heteroatoms. The van der Waals surface area contributed by atoms with Crippen LogP contribution in [0.4, 0.5) is 18.9 Å². The lowest BCUT2D eigenvalue weighted by Gasteiger charge is -2.10. The third kappa shape index (κ3) is 7.07. The third-order valence-electron chi connectivity index (χ3n) is 4.13. The Morgan fingerprint density at radius 3 is 2.03 bits per heavy atom. The highest BCUT2D eigenvalue weighted by molar-refractivity contribution is 7.89. The van der Waals surface area contributed by atoms with Crippen molar-refractivity contribution in [3.05, 3.63) is 59.7 Å². The zero-order valence-corrected chi connectivity index (χ0v) is 17.6. The second-order valence-electron chi connectivity index (χ2n) is 6.90. The van der Waals surface area contributed by atoms with Crippen molar-refractivity contribution in [3.63, 3.8) is 0 Å². The lowest BCUT2D eigenvalue weighted by Crippen LogP contribution is -2.34. The van der Waals surface area contributed by atoms with Gasteiger partial charge in [-0.1, -0.05) is 13.8 Å². The second kappa shape index (κ2) is 9.92. The molecule has 0 bridgehead atoms. The molecule has 7 nitrogen and oxygen atoms in total. The van der Waals surface area contributed by atoms with Crippen molar-refractivity contribution in [1.82, 2.24) is 10.0 Å².